The standard InChI is InChI=1S/C22H24N4O3/c1-28-19-12-10-17(15-20(19)29-2)24-21-13-11-18(25-26-21)22(27)23-14-6-9-16-7-4-3-5-8-16/h3-5,7-8,10-13,15H,6,9,14H2,1-2H3,(H,23,27)(H,24,26). The van der Waals surface area contributed by atoms with Crippen molar-refractivity contribution in [3.63, 3.8) is 0 Å². The molecule has 3 rings (SSSR count). The summed E-state index contributed by atoms with van der Waals surface area (Å²) < 4.78 is 10.5. The highest BCUT2D eigenvalue weighted by Crippen LogP contribution is 2.30. The molecule has 1 amide bonds. The fraction of sp³-hybridized carbons (Fsp3) is 0.227. The first-order valence-electron chi connectivity index (χ1n) is 9.34. The number of nitrogens with one attached hydrogen (secondary N) is 2. The van der Waals surface area contributed by atoms with Crippen molar-refractivity contribution in [2.75, 3.05) is 26.1 Å². The Labute approximate surface area is 170 Å². The Bertz CT molecular complexity index is 931. The number of aryl methyl sites for hydroxylation is 1. The van der Waals surface area contributed by atoms with Crippen molar-refractivity contribution < 1.29 is 14.3 Å². The van der Waals surface area contributed by atoms with Crippen LogP contribution >= 0.6 is 0 Å². The van der Waals surface area contributed by atoms with Crippen molar-refractivity contribution >= 4 is 17.4 Å². The molecular weight excluding hydrogens is 368 g/mol. The van der Waals surface area contributed by atoms with Crippen LogP contribution in [-0.4, -0.2) is 36.9 Å². The second-order valence-corrected chi connectivity index (χ2v) is 6.34. The van der Waals surface area contributed by atoms with Gasteiger partial charge in [-0.25, -0.2) is 0 Å². The minimum absolute atomic E-state index is 0.233. The van der Waals surface area contributed by atoms with Gasteiger partial charge in [-0.15, -0.1) is 10.2 Å². The van der Waals surface area contributed by atoms with Gasteiger partial charge < -0.3 is 20.1 Å². The molecule has 0 aliphatic heterocycles. The number of carbonyl (C=O) groups excluding carboxylic acids is 1. The fourth-order valence-electron chi connectivity index (χ4n) is 2.81. The third kappa shape index (κ3) is 5.68. The molecule has 0 saturated heterocycles. The monoisotopic (exact) mass is 392 g/mol. The zero-order valence-electron chi connectivity index (χ0n) is 16.5. The number of benzene rings is 2. The van der Waals surface area contributed by atoms with Crippen LogP contribution in [-0.2, 0) is 6.42 Å². The number of nitrogens with zero attached hydrogens (tertiary/aromatic N) is 2. The summed E-state index contributed by atoms with van der Waals surface area (Å²) in [6.07, 6.45) is 1.78. The Morgan fingerprint density at radius 3 is 2.41 bits per heavy atom. The van der Waals surface area contributed by atoms with Crippen molar-refractivity contribution in [2.24, 2.45) is 0 Å². The molecule has 0 unspecified atom stereocenters. The van der Waals surface area contributed by atoms with Crippen molar-refractivity contribution in [3.8, 4) is 11.5 Å². The van der Waals surface area contributed by atoms with Gasteiger partial charge in [0, 0.05) is 18.3 Å². The van der Waals surface area contributed by atoms with E-state index in [1.165, 1.54) is 5.56 Å². The molecule has 7 nitrogen and oxygen atoms in total. The maximum absolute atomic E-state index is 12.2. The van der Waals surface area contributed by atoms with Crippen molar-refractivity contribution in [2.45, 2.75) is 12.8 Å². The summed E-state index contributed by atoms with van der Waals surface area (Å²) in [5.74, 6) is 1.54. The van der Waals surface area contributed by atoms with Crippen molar-refractivity contribution in [3.05, 3.63) is 71.9 Å². The summed E-state index contributed by atoms with van der Waals surface area (Å²) in [6.45, 7) is 0.584. The van der Waals surface area contributed by atoms with E-state index in [2.05, 4.69) is 33.0 Å². The number of rotatable bonds is 9. The lowest BCUT2D eigenvalue weighted by atomic mass is 10.1. The Hall–Kier alpha value is -3.61. The predicted octanol–water partition coefficient (Wildman–Crippen LogP) is 3.60. The van der Waals surface area contributed by atoms with Crippen LogP contribution in [0.5, 0.6) is 11.5 Å². The van der Waals surface area contributed by atoms with Crippen LogP contribution in [0.2, 0.25) is 0 Å². The van der Waals surface area contributed by atoms with Gasteiger partial charge in [0.2, 0.25) is 0 Å². The van der Waals surface area contributed by atoms with Gasteiger partial charge in [-0.1, -0.05) is 30.3 Å². The van der Waals surface area contributed by atoms with Gasteiger partial charge in [-0.3, -0.25) is 4.79 Å². The number of aromatic nitrogens is 2. The second-order valence-electron chi connectivity index (χ2n) is 6.34. The molecule has 1 aromatic heterocycles. The van der Waals surface area contributed by atoms with Gasteiger partial charge in [0.25, 0.3) is 5.91 Å². The van der Waals surface area contributed by atoms with E-state index in [1.54, 1.807) is 38.5 Å². The van der Waals surface area contributed by atoms with Crippen LogP contribution in [0.1, 0.15) is 22.5 Å². The smallest absolute Gasteiger partial charge is 0.271 e. The summed E-state index contributed by atoms with van der Waals surface area (Å²) in [6, 6.07) is 19.0. The molecule has 0 bridgehead atoms. The molecule has 150 valence electrons. The van der Waals surface area contributed by atoms with Crippen molar-refractivity contribution in [1.29, 1.82) is 0 Å². The van der Waals surface area contributed by atoms with Gasteiger partial charge in [0.05, 0.1) is 14.2 Å². The first kappa shape index (κ1) is 20.1. The van der Waals surface area contributed by atoms with Gasteiger partial charge in [0.15, 0.2) is 23.0 Å². The molecule has 29 heavy (non-hydrogen) atoms. The lowest BCUT2D eigenvalue weighted by Crippen LogP contribution is -2.26. The van der Waals surface area contributed by atoms with Gasteiger partial charge in [-0.2, -0.15) is 0 Å². The quantitative estimate of drug-likeness (QED) is 0.541. The maximum atomic E-state index is 12.2. The third-order valence-corrected chi connectivity index (χ3v) is 4.32. The summed E-state index contributed by atoms with van der Waals surface area (Å²) in [5, 5.41) is 14.1. The Balaban J connectivity index is 1.51. The number of amides is 1. The average Bonchev–Trinajstić information content (AvgIpc) is 2.77. The highest BCUT2D eigenvalue weighted by atomic mass is 16.5. The number of carbonyl (C=O) groups is 1. The summed E-state index contributed by atoms with van der Waals surface area (Å²) in [7, 11) is 3.16. The van der Waals surface area contributed by atoms with Crippen LogP contribution in [0.4, 0.5) is 11.5 Å². The largest absolute Gasteiger partial charge is 0.493 e. The van der Waals surface area contributed by atoms with Gasteiger partial charge >= 0.3 is 0 Å². The zero-order valence-corrected chi connectivity index (χ0v) is 16.5. The number of anilines is 2. The second kappa shape index (κ2) is 10.1. The number of hydrogen-bond donors (Lipinski definition) is 2. The maximum Gasteiger partial charge on any atom is 0.271 e. The Morgan fingerprint density at radius 2 is 1.72 bits per heavy atom. The topological polar surface area (TPSA) is 85.4 Å². The SMILES string of the molecule is COc1ccc(Nc2ccc(C(=O)NCCCc3ccccc3)nn2)cc1OC. The lowest BCUT2D eigenvalue weighted by Gasteiger charge is -2.10. The molecule has 0 aliphatic rings. The van der Waals surface area contributed by atoms with E-state index in [4.69, 9.17) is 9.47 Å². The lowest BCUT2D eigenvalue weighted by molar-refractivity contribution is 0.0947. The minimum Gasteiger partial charge on any atom is -0.493 e. The highest BCUT2D eigenvalue weighted by molar-refractivity contribution is 5.92. The highest BCUT2D eigenvalue weighted by Gasteiger charge is 2.09. The zero-order chi connectivity index (χ0) is 20.5. The van der Waals surface area contributed by atoms with Crippen LogP contribution in [0.15, 0.2) is 60.7 Å². The Morgan fingerprint density at radius 1 is 0.931 bits per heavy atom. The molecular formula is C22H24N4O3. The molecule has 0 fully saturated rings. The van der Waals surface area contributed by atoms with Crippen LogP contribution in [0, 0.1) is 0 Å². The predicted molar refractivity (Wildman–Crippen MR) is 112 cm³/mol. The van der Waals surface area contributed by atoms with Crippen LogP contribution < -0.4 is 20.1 Å². The summed E-state index contributed by atoms with van der Waals surface area (Å²) in [5.41, 5.74) is 2.31. The van der Waals surface area contributed by atoms with E-state index in [0.717, 1.165) is 18.5 Å². The normalized spacial score (nSPS) is 10.3. The molecule has 0 spiro atoms. The number of methoxy groups -OCH3 is 2. The van der Waals surface area contributed by atoms with Gasteiger partial charge in [-0.05, 0) is 42.7 Å². The molecule has 7 heteroatoms. The van der Waals surface area contributed by atoms with E-state index in [1.807, 2.05) is 24.3 Å². The van der Waals surface area contributed by atoms with Crippen LogP contribution in [0.25, 0.3) is 0 Å². The average molecular weight is 392 g/mol. The number of hydrogen-bond acceptors (Lipinski definition) is 6. The third-order valence-electron chi connectivity index (χ3n) is 4.32. The van der Waals surface area contributed by atoms with Crippen LogP contribution in [0.3, 0.4) is 0 Å². The van der Waals surface area contributed by atoms with Gasteiger partial charge in [0.1, 0.15) is 0 Å². The molecule has 2 N–H and O–H groups in total. The fourth-order valence-corrected chi connectivity index (χ4v) is 2.81. The van der Waals surface area contributed by atoms with E-state index >= 15 is 0 Å². The number of ether oxygens (including phenoxy) is 2. The van der Waals surface area contributed by atoms with Crippen molar-refractivity contribution in [1.82, 2.24) is 15.5 Å². The summed E-state index contributed by atoms with van der Waals surface area (Å²) >= 11 is 0. The molecule has 2 aromatic carbocycles. The van der Waals surface area contributed by atoms with E-state index < -0.39 is 0 Å². The van der Waals surface area contributed by atoms with E-state index in [0.29, 0.717) is 23.9 Å². The van der Waals surface area contributed by atoms with E-state index in [-0.39, 0.29) is 11.6 Å². The first-order valence-corrected chi connectivity index (χ1v) is 9.34. The molecule has 0 atom stereocenters. The Kier molecular flexibility index (Phi) is 7.00. The molecule has 0 saturated carbocycles. The first-order chi connectivity index (χ1) is 14.2. The molecule has 3 aromatic rings. The minimum atomic E-state index is -0.233. The molecule has 1 heterocycles. The summed E-state index contributed by atoms with van der Waals surface area (Å²) in [4.78, 5) is 12.2. The molecule has 0 aliphatic carbocycles. The molecule has 0 radical (unpaired) electrons. The van der Waals surface area contributed by atoms with E-state index in [9.17, 15) is 4.79 Å².